The molecule has 0 saturated heterocycles. The maximum Gasteiger partial charge on any atom is 0.150 e. The third-order valence-electron chi connectivity index (χ3n) is 3.10. The maximum atomic E-state index is 13.0. The molecule has 0 radical (unpaired) electrons. The Balaban J connectivity index is 2.41. The number of aldehydes is 1. The number of carbonyl (C=O) groups excluding carboxylic acids is 1. The lowest BCUT2D eigenvalue weighted by Crippen LogP contribution is -2.17. The molecule has 0 heterocycles. The summed E-state index contributed by atoms with van der Waals surface area (Å²) in [6, 6.07) is 12.0. The molecule has 0 spiro atoms. The zero-order chi connectivity index (χ0) is 13.8. The van der Waals surface area contributed by atoms with E-state index in [4.69, 9.17) is 0 Å². The van der Waals surface area contributed by atoms with Crippen LogP contribution in [0.2, 0.25) is 0 Å². The normalized spacial score (nSPS) is 10.3. The molecule has 0 bridgehead atoms. The van der Waals surface area contributed by atoms with Gasteiger partial charge in [0.1, 0.15) is 12.1 Å². The van der Waals surface area contributed by atoms with E-state index in [2.05, 4.69) is 4.90 Å². The molecule has 3 heteroatoms. The Bertz CT molecular complexity index is 578. The molecule has 0 saturated carbocycles. The van der Waals surface area contributed by atoms with Gasteiger partial charge in [0.25, 0.3) is 0 Å². The van der Waals surface area contributed by atoms with Crippen molar-refractivity contribution in [1.82, 2.24) is 0 Å². The highest BCUT2D eigenvalue weighted by Crippen LogP contribution is 2.28. The van der Waals surface area contributed by atoms with Gasteiger partial charge in [-0.05, 0) is 61.9 Å². The van der Waals surface area contributed by atoms with Crippen LogP contribution in [0, 0.1) is 12.7 Å². The molecule has 2 nitrogen and oxygen atoms in total. The zero-order valence-corrected chi connectivity index (χ0v) is 11.1. The predicted octanol–water partition coefficient (Wildman–Crippen LogP) is 4.10. The van der Waals surface area contributed by atoms with E-state index in [1.807, 2.05) is 26.0 Å². The molecule has 2 aromatic carbocycles. The first kappa shape index (κ1) is 13.3. The van der Waals surface area contributed by atoms with Gasteiger partial charge in [-0.1, -0.05) is 0 Å². The van der Waals surface area contributed by atoms with Crippen LogP contribution in [0.3, 0.4) is 0 Å². The molecule has 19 heavy (non-hydrogen) atoms. The van der Waals surface area contributed by atoms with Crippen molar-refractivity contribution in [3.05, 3.63) is 59.4 Å². The van der Waals surface area contributed by atoms with Gasteiger partial charge < -0.3 is 4.90 Å². The van der Waals surface area contributed by atoms with E-state index in [0.717, 1.165) is 29.8 Å². The lowest BCUT2D eigenvalue weighted by atomic mass is 10.1. The Kier molecular flexibility index (Phi) is 3.95. The van der Waals surface area contributed by atoms with Gasteiger partial charge >= 0.3 is 0 Å². The molecule has 98 valence electrons. The molecule has 0 fully saturated rings. The number of benzene rings is 2. The first-order chi connectivity index (χ1) is 9.15. The second-order valence-electron chi connectivity index (χ2n) is 4.38. The smallest absolute Gasteiger partial charge is 0.150 e. The van der Waals surface area contributed by atoms with Crippen molar-refractivity contribution in [2.45, 2.75) is 13.8 Å². The zero-order valence-electron chi connectivity index (χ0n) is 11.1. The van der Waals surface area contributed by atoms with Gasteiger partial charge in [-0.25, -0.2) is 4.39 Å². The van der Waals surface area contributed by atoms with Gasteiger partial charge in [0.05, 0.1) is 0 Å². The third-order valence-corrected chi connectivity index (χ3v) is 3.10. The largest absolute Gasteiger partial charge is 0.342 e. The minimum Gasteiger partial charge on any atom is -0.342 e. The average Bonchev–Trinajstić information content (AvgIpc) is 2.43. The fourth-order valence-electron chi connectivity index (χ4n) is 2.17. The van der Waals surface area contributed by atoms with E-state index in [0.29, 0.717) is 5.56 Å². The van der Waals surface area contributed by atoms with Crippen LogP contribution in [-0.2, 0) is 0 Å². The highest BCUT2D eigenvalue weighted by molar-refractivity contribution is 5.78. The summed E-state index contributed by atoms with van der Waals surface area (Å²) < 4.78 is 13.0. The number of rotatable bonds is 4. The third kappa shape index (κ3) is 2.81. The number of hydrogen-bond acceptors (Lipinski definition) is 2. The summed E-state index contributed by atoms with van der Waals surface area (Å²) >= 11 is 0. The Labute approximate surface area is 112 Å². The molecule has 0 aliphatic heterocycles. The van der Waals surface area contributed by atoms with Crippen LogP contribution < -0.4 is 4.90 Å². The molecule has 2 aromatic rings. The molecule has 0 aliphatic rings. The Morgan fingerprint density at radius 3 is 2.37 bits per heavy atom. The van der Waals surface area contributed by atoms with Gasteiger partial charge in [0, 0.05) is 23.5 Å². The van der Waals surface area contributed by atoms with Crippen LogP contribution in [0.4, 0.5) is 15.8 Å². The van der Waals surface area contributed by atoms with E-state index in [-0.39, 0.29) is 5.82 Å². The maximum absolute atomic E-state index is 13.0. The molecule has 0 atom stereocenters. The number of aryl methyl sites for hydroxylation is 1. The van der Waals surface area contributed by atoms with Crippen molar-refractivity contribution in [2.24, 2.45) is 0 Å². The predicted molar refractivity (Wildman–Crippen MR) is 75.6 cm³/mol. The number of carbonyl (C=O) groups is 1. The standard InChI is InChI=1S/C16H16FNO/c1-3-18(15-7-5-14(17)6-8-15)16-9-4-13(11-19)10-12(16)2/h4-11H,3H2,1-2H3. The highest BCUT2D eigenvalue weighted by atomic mass is 19.1. The van der Waals surface area contributed by atoms with Crippen LogP contribution in [0.5, 0.6) is 0 Å². The summed E-state index contributed by atoms with van der Waals surface area (Å²) in [5.41, 5.74) is 3.65. The van der Waals surface area contributed by atoms with E-state index in [1.54, 1.807) is 18.2 Å². The van der Waals surface area contributed by atoms with Crippen molar-refractivity contribution < 1.29 is 9.18 Å². The summed E-state index contributed by atoms with van der Waals surface area (Å²) in [4.78, 5) is 12.8. The topological polar surface area (TPSA) is 20.3 Å². The Hall–Kier alpha value is -2.16. The second-order valence-corrected chi connectivity index (χ2v) is 4.38. The Morgan fingerprint density at radius 2 is 1.84 bits per heavy atom. The fraction of sp³-hybridized carbons (Fsp3) is 0.188. The summed E-state index contributed by atoms with van der Waals surface area (Å²) in [7, 11) is 0. The quantitative estimate of drug-likeness (QED) is 0.768. The molecular weight excluding hydrogens is 241 g/mol. The molecule has 0 unspecified atom stereocenters. The summed E-state index contributed by atoms with van der Waals surface area (Å²) in [5.74, 6) is -0.243. The van der Waals surface area contributed by atoms with E-state index in [9.17, 15) is 9.18 Å². The van der Waals surface area contributed by atoms with Gasteiger partial charge in [0.2, 0.25) is 0 Å². The van der Waals surface area contributed by atoms with Crippen molar-refractivity contribution in [3.8, 4) is 0 Å². The van der Waals surface area contributed by atoms with Gasteiger partial charge in [-0.15, -0.1) is 0 Å². The molecule has 0 aliphatic carbocycles. The minimum atomic E-state index is -0.243. The van der Waals surface area contributed by atoms with Crippen molar-refractivity contribution >= 4 is 17.7 Å². The monoisotopic (exact) mass is 257 g/mol. The summed E-state index contributed by atoms with van der Waals surface area (Å²) in [5, 5.41) is 0. The fourth-order valence-corrected chi connectivity index (χ4v) is 2.17. The summed E-state index contributed by atoms with van der Waals surface area (Å²) in [6.45, 7) is 4.78. The molecule has 2 rings (SSSR count). The molecule has 0 N–H and O–H groups in total. The number of nitrogens with zero attached hydrogens (tertiary/aromatic N) is 1. The van der Waals surface area contributed by atoms with Crippen molar-refractivity contribution in [3.63, 3.8) is 0 Å². The van der Waals surface area contributed by atoms with Crippen molar-refractivity contribution in [2.75, 3.05) is 11.4 Å². The van der Waals surface area contributed by atoms with Crippen LogP contribution in [0.15, 0.2) is 42.5 Å². The first-order valence-electron chi connectivity index (χ1n) is 6.24. The van der Waals surface area contributed by atoms with Crippen LogP contribution in [-0.4, -0.2) is 12.8 Å². The lowest BCUT2D eigenvalue weighted by molar-refractivity contribution is 0.112. The van der Waals surface area contributed by atoms with Gasteiger partial charge in [-0.3, -0.25) is 4.79 Å². The SMILES string of the molecule is CCN(c1ccc(F)cc1)c1ccc(C=O)cc1C. The minimum absolute atomic E-state index is 0.243. The molecule has 0 amide bonds. The van der Waals surface area contributed by atoms with Gasteiger partial charge in [0.15, 0.2) is 0 Å². The second kappa shape index (κ2) is 5.65. The van der Waals surface area contributed by atoms with Crippen LogP contribution >= 0.6 is 0 Å². The van der Waals surface area contributed by atoms with Crippen LogP contribution in [0.1, 0.15) is 22.8 Å². The van der Waals surface area contributed by atoms with E-state index >= 15 is 0 Å². The van der Waals surface area contributed by atoms with E-state index in [1.165, 1.54) is 12.1 Å². The summed E-state index contributed by atoms with van der Waals surface area (Å²) in [6.07, 6.45) is 0.838. The van der Waals surface area contributed by atoms with Gasteiger partial charge in [-0.2, -0.15) is 0 Å². The number of anilines is 2. The highest BCUT2D eigenvalue weighted by Gasteiger charge is 2.10. The van der Waals surface area contributed by atoms with E-state index < -0.39 is 0 Å². The Morgan fingerprint density at radius 1 is 1.16 bits per heavy atom. The molecular formula is C16H16FNO. The number of hydrogen-bond donors (Lipinski definition) is 0. The molecule has 0 aromatic heterocycles. The first-order valence-corrected chi connectivity index (χ1v) is 6.24. The van der Waals surface area contributed by atoms with Crippen molar-refractivity contribution in [1.29, 1.82) is 0 Å². The lowest BCUT2D eigenvalue weighted by Gasteiger charge is -2.25. The number of halogens is 1. The average molecular weight is 257 g/mol. The van der Waals surface area contributed by atoms with Crippen LogP contribution in [0.25, 0.3) is 0 Å².